The van der Waals surface area contributed by atoms with Crippen LogP contribution in [0.3, 0.4) is 0 Å². The number of fused-ring (bicyclic) bond motifs is 1. The average molecular weight is 488 g/mol. The van der Waals surface area contributed by atoms with Gasteiger partial charge in [-0.1, -0.05) is 17.3 Å². The molecule has 2 heterocycles. The summed E-state index contributed by atoms with van der Waals surface area (Å²) in [5.41, 5.74) is -0.695. The molecule has 182 valence electrons. The molecule has 0 aliphatic carbocycles. The van der Waals surface area contributed by atoms with E-state index in [4.69, 9.17) is 9.47 Å². The number of amides is 1. The fraction of sp³-hybridized carbons (Fsp3) is 0.227. The van der Waals surface area contributed by atoms with E-state index in [0.717, 1.165) is 23.0 Å². The lowest BCUT2D eigenvalue weighted by atomic mass is 10.1. The van der Waals surface area contributed by atoms with Gasteiger partial charge in [-0.2, -0.15) is 13.2 Å². The highest BCUT2D eigenvalue weighted by atomic mass is 19.4. The lowest BCUT2D eigenvalue weighted by Gasteiger charge is -2.11. The van der Waals surface area contributed by atoms with Crippen molar-refractivity contribution < 1.29 is 27.4 Å². The van der Waals surface area contributed by atoms with Gasteiger partial charge in [0.2, 0.25) is 5.91 Å². The Balaban J connectivity index is 1.52. The summed E-state index contributed by atoms with van der Waals surface area (Å²) in [4.78, 5) is 29.4. The van der Waals surface area contributed by atoms with Gasteiger partial charge in [-0.15, -0.1) is 5.10 Å². The van der Waals surface area contributed by atoms with Gasteiger partial charge in [-0.25, -0.2) is 9.67 Å². The van der Waals surface area contributed by atoms with Crippen molar-refractivity contribution in [3.05, 3.63) is 70.3 Å². The molecule has 0 spiro atoms. The number of ether oxygens (including phenoxy) is 2. The summed E-state index contributed by atoms with van der Waals surface area (Å²) in [6.45, 7) is -0.423. The Morgan fingerprint density at radius 3 is 2.57 bits per heavy atom. The van der Waals surface area contributed by atoms with Crippen LogP contribution in [0.1, 0.15) is 11.1 Å². The van der Waals surface area contributed by atoms with E-state index < -0.39 is 23.2 Å². The van der Waals surface area contributed by atoms with Gasteiger partial charge in [-0.3, -0.25) is 14.2 Å². The van der Waals surface area contributed by atoms with E-state index in [-0.39, 0.29) is 24.3 Å². The molecule has 1 amide bonds. The fourth-order valence-corrected chi connectivity index (χ4v) is 3.39. The molecule has 4 rings (SSSR count). The quantitative estimate of drug-likeness (QED) is 0.426. The summed E-state index contributed by atoms with van der Waals surface area (Å²) < 4.78 is 51.6. The lowest BCUT2D eigenvalue weighted by Crippen LogP contribution is -2.28. The predicted molar refractivity (Wildman–Crippen MR) is 118 cm³/mol. The normalized spacial score (nSPS) is 11.5. The van der Waals surface area contributed by atoms with Crippen LogP contribution in [-0.2, 0) is 24.1 Å². The SMILES string of the molecule is COc1ccc(NC(=O)Cn2cnc3c(nnn3Cc3cccc(C(F)(F)F)c3)c2=O)cc1OC. The van der Waals surface area contributed by atoms with Crippen LogP contribution in [0.4, 0.5) is 18.9 Å². The Kier molecular flexibility index (Phi) is 6.40. The van der Waals surface area contributed by atoms with Gasteiger partial charge in [0.05, 0.1) is 26.3 Å². The van der Waals surface area contributed by atoms with Crippen LogP contribution in [0.5, 0.6) is 11.5 Å². The van der Waals surface area contributed by atoms with E-state index in [0.29, 0.717) is 22.7 Å². The van der Waals surface area contributed by atoms with Gasteiger partial charge in [0.25, 0.3) is 5.56 Å². The van der Waals surface area contributed by atoms with Crippen LogP contribution in [0.25, 0.3) is 11.2 Å². The minimum atomic E-state index is -4.48. The van der Waals surface area contributed by atoms with Gasteiger partial charge >= 0.3 is 6.18 Å². The lowest BCUT2D eigenvalue weighted by molar-refractivity contribution is -0.137. The van der Waals surface area contributed by atoms with Crippen LogP contribution in [0.2, 0.25) is 0 Å². The van der Waals surface area contributed by atoms with Crippen molar-refractivity contribution in [1.82, 2.24) is 24.5 Å². The molecule has 0 radical (unpaired) electrons. The van der Waals surface area contributed by atoms with E-state index in [1.807, 2.05) is 0 Å². The zero-order chi connectivity index (χ0) is 25.2. The van der Waals surface area contributed by atoms with Crippen molar-refractivity contribution in [2.75, 3.05) is 19.5 Å². The number of benzene rings is 2. The van der Waals surface area contributed by atoms with Crippen molar-refractivity contribution in [3.8, 4) is 11.5 Å². The van der Waals surface area contributed by atoms with E-state index in [9.17, 15) is 22.8 Å². The van der Waals surface area contributed by atoms with Crippen molar-refractivity contribution >= 4 is 22.8 Å². The minimum absolute atomic E-state index is 0.0728. The number of hydrogen-bond donors (Lipinski definition) is 1. The highest BCUT2D eigenvalue weighted by Crippen LogP contribution is 2.30. The minimum Gasteiger partial charge on any atom is -0.493 e. The monoisotopic (exact) mass is 488 g/mol. The number of nitrogens with zero attached hydrogens (tertiary/aromatic N) is 5. The molecule has 0 fully saturated rings. The second-order valence-corrected chi connectivity index (χ2v) is 7.41. The van der Waals surface area contributed by atoms with Crippen LogP contribution >= 0.6 is 0 Å². The third-order valence-electron chi connectivity index (χ3n) is 5.06. The number of carbonyl (C=O) groups excluding carboxylic acids is 1. The first-order valence-electron chi connectivity index (χ1n) is 10.2. The maximum absolute atomic E-state index is 13.0. The summed E-state index contributed by atoms with van der Waals surface area (Å²) in [6, 6.07) is 9.55. The molecule has 0 unspecified atom stereocenters. The molecule has 0 atom stereocenters. The van der Waals surface area contributed by atoms with Crippen LogP contribution in [0, 0.1) is 0 Å². The molecule has 0 bridgehead atoms. The molecule has 10 nitrogen and oxygen atoms in total. The van der Waals surface area contributed by atoms with E-state index in [1.54, 1.807) is 18.2 Å². The summed E-state index contributed by atoms with van der Waals surface area (Å²) in [5, 5.41) is 10.3. The van der Waals surface area contributed by atoms with E-state index in [2.05, 4.69) is 20.6 Å². The maximum atomic E-state index is 13.0. The van der Waals surface area contributed by atoms with E-state index in [1.165, 1.54) is 31.0 Å². The zero-order valence-corrected chi connectivity index (χ0v) is 18.5. The third-order valence-corrected chi connectivity index (χ3v) is 5.06. The Labute approximate surface area is 195 Å². The smallest absolute Gasteiger partial charge is 0.416 e. The second kappa shape index (κ2) is 9.44. The number of aromatic nitrogens is 5. The average Bonchev–Trinajstić information content (AvgIpc) is 3.23. The van der Waals surface area contributed by atoms with Gasteiger partial charge in [0, 0.05) is 11.8 Å². The van der Waals surface area contributed by atoms with Crippen molar-refractivity contribution in [2.45, 2.75) is 19.3 Å². The fourth-order valence-electron chi connectivity index (χ4n) is 3.39. The Morgan fingerprint density at radius 2 is 1.86 bits per heavy atom. The summed E-state index contributed by atoms with van der Waals surface area (Å²) in [6.07, 6.45) is -3.32. The number of anilines is 1. The first kappa shape index (κ1) is 23.7. The molecule has 13 heteroatoms. The topological polar surface area (TPSA) is 113 Å². The number of halogens is 3. The number of nitrogens with one attached hydrogen (secondary N) is 1. The Bertz CT molecular complexity index is 1450. The molecule has 2 aromatic heterocycles. The summed E-state index contributed by atoms with van der Waals surface area (Å²) in [7, 11) is 2.95. The number of alkyl halides is 3. The first-order chi connectivity index (χ1) is 16.7. The molecule has 2 aromatic carbocycles. The highest BCUT2D eigenvalue weighted by molar-refractivity contribution is 5.91. The molecule has 0 aliphatic heterocycles. The highest BCUT2D eigenvalue weighted by Gasteiger charge is 2.30. The van der Waals surface area contributed by atoms with Crippen LogP contribution in [0.15, 0.2) is 53.6 Å². The van der Waals surface area contributed by atoms with Gasteiger partial charge < -0.3 is 14.8 Å². The Hall–Kier alpha value is -4.42. The number of hydrogen-bond acceptors (Lipinski definition) is 7. The standard InChI is InChI=1S/C22H19F3N6O4/c1-34-16-7-6-15(9-17(16)35-2)27-18(32)11-30-12-26-20-19(21(30)33)28-29-31(20)10-13-4-3-5-14(8-13)22(23,24)25/h3-9,12H,10-11H2,1-2H3,(H,27,32). The molecule has 35 heavy (non-hydrogen) atoms. The third kappa shape index (κ3) is 5.08. The van der Waals surface area contributed by atoms with Crippen LogP contribution in [-0.4, -0.2) is 44.7 Å². The molecule has 0 saturated carbocycles. The van der Waals surface area contributed by atoms with E-state index >= 15 is 0 Å². The van der Waals surface area contributed by atoms with Crippen molar-refractivity contribution in [2.24, 2.45) is 0 Å². The van der Waals surface area contributed by atoms with Gasteiger partial charge in [0.15, 0.2) is 22.7 Å². The zero-order valence-electron chi connectivity index (χ0n) is 18.5. The Morgan fingerprint density at radius 1 is 1.09 bits per heavy atom. The summed E-state index contributed by atoms with van der Waals surface area (Å²) in [5.74, 6) is 0.407. The summed E-state index contributed by atoms with van der Waals surface area (Å²) >= 11 is 0. The first-order valence-corrected chi connectivity index (χ1v) is 10.2. The molecule has 1 N–H and O–H groups in total. The maximum Gasteiger partial charge on any atom is 0.416 e. The van der Waals surface area contributed by atoms with Crippen LogP contribution < -0.4 is 20.3 Å². The van der Waals surface area contributed by atoms with Crippen molar-refractivity contribution in [3.63, 3.8) is 0 Å². The number of carbonyl (C=O) groups is 1. The molecular formula is C22H19F3N6O4. The second-order valence-electron chi connectivity index (χ2n) is 7.41. The molecule has 0 saturated heterocycles. The van der Waals surface area contributed by atoms with Gasteiger partial charge in [0.1, 0.15) is 12.9 Å². The largest absolute Gasteiger partial charge is 0.493 e. The molecule has 0 aliphatic rings. The molecule has 4 aromatic rings. The van der Waals surface area contributed by atoms with Gasteiger partial charge in [-0.05, 0) is 29.8 Å². The predicted octanol–water partition coefficient (Wildman–Crippen LogP) is 2.71. The number of rotatable bonds is 7. The molecular weight excluding hydrogens is 469 g/mol. The van der Waals surface area contributed by atoms with Crippen molar-refractivity contribution in [1.29, 1.82) is 0 Å². The number of methoxy groups -OCH3 is 2.